The van der Waals surface area contributed by atoms with Crippen molar-refractivity contribution < 1.29 is 14.2 Å². The first-order valence-electron chi connectivity index (χ1n) is 9.85. The average molecular weight is 485 g/mol. The molecule has 0 spiro atoms. The molecule has 0 saturated heterocycles. The van der Waals surface area contributed by atoms with Gasteiger partial charge in [-0.1, -0.05) is 40.2 Å². The number of rotatable bonds is 5. The van der Waals surface area contributed by atoms with E-state index in [4.69, 9.17) is 19.3 Å². The van der Waals surface area contributed by atoms with Gasteiger partial charge < -0.3 is 14.2 Å². The summed E-state index contributed by atoms with van der Waals surface area (Å²) in [7, 11) is 1.64. The second-order valence-electron chi connectivity index (χ2n) is 7.09. The summed E-state index contributed by atoms with van der Waals surface area (Å²) in [4.78, 5) is 1.20. The van der Waals surface area contributed by atoms with Gasteiger partial charge in [0.1, 0.15) is 5.75 Å². The Morgan fingerprint density at radius 3 is 2.80 bits per heavy atom. The van der Waals surface area contributed by atoms with Gasteiger partial charge in [-0.2, -0.15) is 5.10 Å². The van der Waals surface area contributed by atoms with Gasteiger partial charge in [-0.3, -0.25) is 0 Å². The number of hydrogen-bond donors (Lipinski definition) is 0. The summed E-state index contributed by atoms with van der Waals surface area (Å²) in [5.41, 5.74) is 3.21. The Balaban J connectivity index is 1.62. The first kappa shape index (κ1) is 19.5. The number of nitrogens with zero attached hydrogens (tertiary/aromatic N) is 2. The van der Waals surface area contributed by atoms with Crippen molar-refractivity contribution in [1.82, 2.24) is 5.01 Å². The molecule has 2 aliphatic heterocycles. The van der Waals surface area contributed by atoms with Crippen molar-refractivity contribution in [3.63, 3.8) is 0 Å². The third-order valence-electron chi connectivity index (χ3n) is 5.35. The van der Waals surface area contributed by atoms with Crippen LogP contribution in [0.25, 0.3) is 0 Å². The maximum absolute atomic E-state index is 6.48. The van der Waals surface area contributed by atoms with E-state index in [2.05, 4.69) is 50.6 Å². The molecule has 30 heavy (non-hydrogen) atoms. The Bertz CT molecular complexity index is 1100. The molecule has 0 radical (unpaired) electrons. The van der Waals surface area contributed by atoms with Crippen molar-refractivity contribution >= 4 is 33.0 Å². The number of benzene rings is 2. The van der Waals surface area contributed by atoms with E-state index in [0.29, 0.717) is 18.1 Å². The van der Waals surface area contributed by atoms with Crippen LogP contribution in [-0.2, 0) is 0 Å². The van der Waals surface area contributed by atoms with Gasteiger partial charge in [0.2, 0.25) is 6.23 Å². The van der Waals surface area contributed by atoms with Gasteiger partial charge in [-0.25, -0.2) is 5.01 Å². The molecule has 154 valence electrons. The van der Waals surface area contributed by atoms with Crippen LogP contribution in [0.15, 0.2) is 63.5 Å². The van der Waals surface area contributed by atoms with Crippen molar-refractivity contribution in [3.8, 4) is 17.2 Å². The van der Waals surface area contributed by atoms with Crippen LogP contribution < -0.4 is 14.2 Å². The standard InChI is InChI=1S/C23H21BrN2O3S/c1-3-28-21-11-15(16(24)12-20(21)27-2)23-26-18(14-7-4-5-8-19(14)29-23)13-17(25-26)22-9-6-10-30-22/h4-12,18,23H,3,13H2,1-2H3/t18-,23-/m0/s1. The van der Waals surface area contributed by atoms with Crippen LogP contribution in [0.3, 0.4) is 0 Å². The number of methoxy groups -OCH3 is 1. The monoisotopic (exact) mass is 484 g/mol. The molecular formula is C23H21BrN2O3S. The third kappa shape index (κ3) is 3.26. The Kier molecular flexibility index (Phi) is 5.16. The lowest BCUT2D eigenvalue weighted by Crippen LogP contribution is -2.34. The highest BCUT2D eigenvalue weighted by Gasteiger charge is 2.42. The lowest BCUT2D eigenvalue weighted by atomic mass is 9.97. The molecule has 0 saturated carbocycles. The summed E-state index contributed by atoms with van der Waals surface area (Å²) >= 11 is 5.43. The van der Waals surface area contributed by atoms with Gasteiger partial charge in [-0.05, 0) is 36.6 Å². The SMILES string of the molecule is CCOc1cc([C@@H]2Oc3ccccc3[C@@H]3CC(c4cccs4)=NN32)c(Br)cc1OC. The minimum Gasteiger partial charge on any atom is -0.493 e. The maximum Gasteiger partial charge on any atom is 0.215 e. The van der Waals surface area contributed by atoms with Crippen molar-refractivity contribution in [2.45, 2.75) is 25.6 Å². The van der Waals surface area contributed by atoms with Crippen molar-refractivity contribution in [3.05, 3.63) is 74.4 Å². The Labute approximate surface area is 188 Å². The molecule has 3 aromatic rings. The number of halogens is 1. The van der Waals surface area contributed by atoms with E-state index in [1.165, 1.54) is 10.4 Å². The van der Waals surface area contributed by atoms with Gasteiger partial charge >= 0.3 is 0 Å². The van der Waals surface area contributed by atoms with Crippen molar-refractivity contribution in [1.29, 1.82) is 0 Å². The van der Waals surface area contributed by atoms with E-state index in [0.717, 1.165) is 27.9 Å². The molecule has 2 aliphatic rings. The summed E-state index contributed by atoms with van der Waals surface area (Å²) < 4.78 is 18.7. The molecule has 0 aliphatic carbocycles. The first-order valence-corrected chi connectivity index (χ1v) is 11.5. The quantitative estimate of drug-likeness (QED) is 0.434. The molecule has 0 amide bonds. The second-order valence-corrected chi connectivity index (χ2v) is 8.89. The Morgan fingerprint density at radius 1 is 1.17 bits per heavy atom. The number of hydrazone groups is 1. The lowest BCUT2D eigenvalue weighted by molar-refractivity contribution is -0.0196. The maximum atomic E-state index is 6.48. The summed E-state index contributed by atoms with van der Waals surface area (Å²) in [6, 6.07) is 16.5. The van der Waals surface area contributed by atoms with Gasteiger partial charge in [0.25, 0.3) is 0 Å². The number of hydrogen-bond acceptors (Lipinski definition) is 6. The van der Waals surface area contributed by atoms with Crippen LogP contribution in [0, 0.1) is 0 Å². The van der Waals surface area contributed by atoms with Gasteiger partial charge in [0.15, 0.2) is 11.5 Å². The predicted molar refractivity (Wildman–Crippen MR) is 122 cm³/mol. The summed E-state index contributed by atoms with van der Waals surface area (Å²) in [6.07, 6.45) is 0.477. The fourth-order valence-electron chi connectivity index (χ4n) is 4.00. The van der Waals surface area contributed by atoms with Crippen LogP contribution in [0.4, 0.5) is 0 Å². The third-order valence-corrected chi connectivity index (χ3v) is 6.96. The zero-order valence-electron chi connectivity index (χ0n) is 16.7. The molecule has 2 atom stereocenters. The largest absolute Gasteiger partial charge is 0.493 e. The van der Waals surface area contributed by atoms with E-state index in [-0.39, 0.29) is 12.3 Å². The summed E-state index contributed by atoms with van der Waals surface area (Å²) in [6.45, 7) is 2.52. The predicted octanol–water partition coefficient (Wildman–Crippen LogP) is 6.16. The van der Waals surface area contributed by atoms with Crippen LogP contribution >= 0.6 is 27.3 Å². The molecule has 0 N–H and O–H groups in total. The van der Waals surface area contributed by atoms with Crippen LogP contribution in [0.1, 0.15) is 41.6 Å². The fraction of sp³-hybridized carbons (Fsp3) is 0.261. The highest BCUT2D eigenvalue weighted by molar-refractivity contribution is 9.10. The van der Waals surface area contributed by atoms with E-state index in [9.17, 15) is 0 Å². The lowest BCUT2D eigenvalue weighted by Gasteiger charge is -2.38. The Morgan fingerprint density at radius 2 is 2.03 bits per heavy atom. The van der Waals surface area contributed by atoms with E-state index in [1.54, 1.807) is 18.4 Å². The first-order chi connectivity index (χ1) is 14.7. The molecule has 5 rings (SSSR count). The van der Waals surface area contributed by atoms with E-state index < -0.39 is 0 Å². The molecule has 3 heterocycles. The molecule has 7 heteroatoms. The average Bonchev–Trinajstić information content (AvgIpc) is 3.44. The number of fused-ring (bicyclic) bond motifs is 3. The minimum atomic E-state index is -0.373. The molecule has 0 bridgehead atoms. The zero-order valence-corrected chi connectivity index (χ0v) is 19.1. The van der Waals surface area contributed by atoms with Crippen LogP contribution in [0.2, 0.25) is 0 Å². The fourth-order valence-corrected chi connectivity index (χ4v) is 5.24. The van der Waals surface area contributed by atoms with Crippen LogP contribution in [0.5, 0.6) is 17.2 Å². The van der Waals surface area contributed by atoms with E-state index >= 15 is 0 Å². The molecule has 1 aromatic heterocycles. The number of ether oxygens (including phenoxy) is 3. The summed E-state index contributed by atoms with van der Waals surface area (Å²) in [5, 5.41) is 9.18. The highest BCUT2D eigenvalue weighted by Crippen LogP contribution is 2.49. The molecule has 5 nitrogen and oxygen atoms in total. The van der Waals surface area contributed by atoms with Crippen molar-refractivity contribution in [2.24, 2.45) is 5.10 Å². The number of para-hydroxylation sites is 1. The second kappa shape index (κ2) is 7.96. The van der Waals surface area contributed by atoms with Crippen LogP contribution in [-0.4, -0.2) is 24.4 Å². The molecule has 0 fully saturated rings. The summed E-state index contributed by atoms with van der Waals surface area (Å²) in [5.74, 6) is 2.27. The van der Waals surface area contributed by atoms with Gasteiger partial charge in [0.05, 0.1) is 30.3 Å². The van der Waals surface area contributed by atoms with Gasteiger partial charge in [0, 0.05) is 22.0 Å². The molecule has 2 aromatic carbocycles. The Hall–Kier alpha value is -2.51. The minimum absolute atomic E-state index is 0.126. The normalized spacial score (nSPS) is 19.6. The zero-order chi connectivity index (χ0) is 20.7. The number of thiophene rings is 1. The van der Waals surface area contributed by atoms with E-state index in [1.807, 2.05) is 31.2 Å². The molecular weight excluding hydrogens is 464 g/mol. The molecule has 0 unspecified atom stereocenters. The van der Waals surface area contributed by atoms with Crippen molar-refractivity contribution in [2.75, 3.05) is 13.7 Å². The highest BCUT2D eigenvalue weighted by atomic mass is 79.9. The van der Waals surface area contributed by atoms with Gasteiger partial charge in [-0.15, -0.1) is 11.3 Å². The topological polar surface area (TPSA) is 43.3 Å². The smallest absolute Gasteiger partial charge is 0.215 e.